The van der Waals surface area contributed by atoms with Crippen molar-refractivity contribution in [3.8, 4) is 0 Å². The predicted molar refractivity (Wildman–Crippen MR) is 133 cm³/mol. The van der Waals surface area contributed by atoms with Gasteiger partial charge in [-0.25, -0.2) is 4.79 Å². The number of carboxylic acid groups (broad SMARTS) is 3. The molecule has 0 aromatic carbocycles. The molecule has 0 rings (SSSR count). The molecule has 0 saturated heterocycles. The highest BCUT2D eigenvalue weighted by molar-refractivity contribution is 7.80. The first-order valence-corrected chi connectivity index (χ1v) is 11.6. The van der Waals surface area contributed by atoms with Crippen LogP contribution in [-0.2, 0) is 33.6 Å². The molecule has 214 valence electrons. The summed E-state index contributed by atoms with van der Waals surface area (Å²) in [6, 6.07) is -6.12. The third kappa shape index (κ3) is 14.4. The van der Waals surface area contributed by atoms with Crippen molar-refractivity contribution in [1.29, 1.82) is 0 Å². The first-order valence-electron chi connectivity index (χ1n) is 10.9. The van der Waals surface area contributed by atoms with E-state index in [1.54, 1.807) is 0 Å². The van der Waals surface area contributed by atoms with Crippen LogP contribution < -0.4 is 38.5 Å². The normalized spacial score (nSPS) is 13.5. The van der Waals surface area contributed by atoms with Gasteiger partial charge in [0, 0.05) is 12.3 Å². The quantitative estimate of drug-likeness (QED) is 0.0321. The van der Waals surface area contributed by atoms with Crippen molar-refractivity contribution in [2.75, 3.05) is 18.8 Å². The van der Waals surface area contributed by atoms with Gasteiger partial charge in [0.15, 0.2) is 5.96 Å². The van der Waals surface area contributed by atoms with E-state index in [-0.39, 0.29) is 24.7 Å². The van der Waals surface area contributed by atoms with Crippen molar-refractivity contribution in [2.24, 2.45) is 22.2 Å². The second-order valence-corrected chi connectivity index (χ2v) is 8.10. The largest absolute Gasteiger partial charge is 0.481 e. The molecule has 0 bridgehead atoms. The highest BCUT2D eigenvalue weighted by Crippen LogP contribution is 2.01. The van der Waals surface area contributed by atoms with Gasteiger partial charge in [0.25, 0.3) is 0 Å². The summed E-state index contributed by atoms with van der Waals surface area (Å²) < 4.78 is 0. The van der Waals surface area contributed by atoms with Gasteiger partial charge in [-0.15, -0.1) is 0 Å². The number of carbonyl (C=O) groups excluding carboxylic acids is 4. The third-order valence-electron chi connectivity index (χ3n) is 4.57. The molecule has 0 saturated carbocycles. The second-order valence-electron chi connectivity index (χ2n) is 7.73. The van der Waals surface area contributed by atoms with E-state index in [0.29, 0.717) is 6.42 Å². The topological polar surface area (TPSA) is 319 Å². The Hall–Kier alpha value is -4.13. The molecule has 0 aliphatic carbocycles. The number of aliphatic carboxylic acids is 3. The van der Waals surface area contributed by atoms with Gasteiger partial charge in [-0.05, 0) is 12.8 Å². The lowest BCUT2D eigenvalue weighted by atomic mass is 10.1. The maximum absolute atomic E-state index is 12.6. The monoisotopic (exact) mass is 564 g/mol. The van der Waals surface area contributed by atoms with Gasteiger partial charge in [0.05, 0.1) is 25.4 Å². The number of hydrogen-bond donors (Lipinski definition) is 11. The van der Waals surface area contributed by atoms with Gasteiger partial charge >= 0.3 is 17.9 Å². The SMILES string of the molecule is NC(N)=NCCC[C@H](N)C(=O)NCC(=O)N[C@@H](CC(=O)O)C(=O)N[C@@H](CC(=O)O)C(=O)N[C@@H](CS)C(=O)O. The van der Waals surface area contributed by atoms with Crippen LogP contribution in [0.25, 0.3) is 0 Å². The number of carbonyl (C=O) groups is 7. The standard InChI is InChI=1S/C19H32N8O10S/c20-8(2-1-3-23-19(21)22)15(33)24-6-12(28)25-9(4-13(29)30)16(34)26-10(5-14(31)32)17(35)27-11(7-38)18(36)37/h8-11,38H,1-7,20H2,(H,24,33)(H,25,28)(H,26,34)(H,27,35)(H,29,30)(H,31,32)(H,36,37)(H4,21,22,23)/t8-,9-,10-,11-/m0/s1. The fraction of sp³-hybridized carbons (Fsp3) is 0.579. The number of carboxylic acids is 3. The van der Waals surface area contributed by atoms with Crippen LogP contribution in [0.3, 0.4) is 0 Å². The van der Waals surface area contributed by atoms with Crippen LogP contribution in [0.2, 0.25) is 0 Å². The summed E-state index contributed by atoms with van der Waals surface area (Å²) in [7, 11) is 0. The summed E-state index contributed by atoms with van der Waals surface area (Å²) >= 11 is 3.76. The lowest BCUT2D eigenvalue weighted by molar-refractivity contribution is -0.144. The van der Waals surface area contributed by atoms with Crippen LogP contribution >= 0.6 is 12.6 Å². The Kier molecular flexibility index (Phi) is 15.5. The maximum Gasteiger partial charge on any atom is 0.327 e. The fourth-order valence-electron chi connectivity index (χ4n) is 2.69. The molecular formula is C19H32N8O10S. The van der Waals surface area contributed by atoms with E-state index < -0.39 is 85.1 Å². The highest BCUT2D eigenvalue weighted by Gasteiger charge is 2.31. The van der Waals surface area contributed by atoms with E-state index in [0.717, 1.165) is 0 Å². The number of nitrogens with zero attached hydrogens (tertiary/aromatic N) is 1. The Balaban J connectivity index is 5.19. The number of nitrogens with two attached hydrogens (primary N) is 3. The molecule has 0 aliphatic rings. The molecule has 4 atom stereocenters. The van der Waals surface area contributed by atoms with Crippen molar-refractivity contribution in [3.63, 3.8) is 0 Å². The summed E-state index contributed by atoms with van der Waals surface area (Å²) in [5.74, 6) is -9.18. The number of guanidine groups is 1. The van der Waals surface area contributed by atoms with Crippen molar-refractivity contribution < 1.29 is 48.9 Å². The summed E-state index contributed by atoms with van der Waals surface area (Å²) in [6.07, 6.45) is -1.41. The van der Waals surface area contributed by atoms with Gasteiger partial charge in [-0.2, -0.15) is 12.6 Å². The summed E-state index contributed by atoms with van der Waals surface area (Å²) in [5, 5.41) is 35.4. The van der Waals surface area contributed by atoms with E-state index in [1.807, 2.05) is 10.6 Å². The van der Waals surface area contributed by atoms with E-state index in [9.17, 15) is 33.6 Å². The van der Waals surface area contributed by atoms with Crippen LogP contribution in [0.15, 0.2) is 4.99 Å². The molecule has 38 heavy (non-hydrogen) atoms. The van der Waals surface area contributed by atoms with E-state index in [1.165, 1.54) is 0 Å². The summed E-state index contributed by atoms with van der Waals surface area (Å²) in [5.41, 5.74) is 16.1. The zero-order valence-electron chi connectivity index (χ0n) is 20.1. The third-order valence-corrected chi connectivity index (χ3v) is 4.93. The molecule has 0 heterocycles. The molecule has 0 radical (unpaired) electrons. The predicted octanol–water partition coefficient (Wildman–Crippen LogP) is -5.10. The lowest BCUT2D eigenvalue weighted by Gasteiger charge is -2.23. The van der Waals surface area contributed by atoms with Gasteiger partial charge in [0.2, 0.25) is 23.6 Å². The Morgan fingerprint density at radius 2 is 1.29 bits per heavy atom. The van der Waals surface area contributed by atoms with Crippen molar-refractivity contribution >= 4 is 60.1 Å². The number of amides is 4. The van der Waals surface area contributed by atoms with Crippen molar-refractivity contribution in [1.82, 2.24) is 21.3 Å². The minimum absolute atomic E-state index is 0.128. The number of nitrogens with one attached hydrogen (secondary N) is 4. The molecule has 0 fully saturated rings. The van der Waals surface area contributed by atoms with Crippen LogP contribution in [0.5, 0.6) is 0 Å². The molecule has 4 amide bonds. The number of thiol groups is 1. The van der Waals surface area contributed by atoms with Crippen LogP contribution in [0, 0.1) is 0 Å². The summed E-state index contributed by atoms with van der Waals surface area (Å²) in [6.45, 7) is -0.465. The first kappa shape index (κ1) is 33.9. The van der Waals surface area contributed by atoms with Gasteiger partial charge in [-0.1, -0.05) is 0 Å². The zero-order valence-corrected chi connectivity index (χ0v) is 21.0. The molecule has 0 aromatic heterocycles. The number of rotatable bonds is 18. The van der Waals surface area contributed by atoms with Crippen LogP contribution in [0.4, 0.5) is 0 Å². The second kappa shape index (κ2) is 17.3. The smallest absolute Gasteiger partial charge is 0.327 e. The minimum atomic E-state index is -1.81. The first-order chi connectivity index (χ1) is 17.7. The Morgan fingerprint density at radius 3 is 1.74 bits per heavy atom. The van der Waals surface area contributed by atoms with Crippen LogP contribution in [-0.4, -0.2) is 106 Å². The molecular weight excluding hydrogens is 532 g/mol. The Morgan fingerprint density at radius 1 is 0.789 bits per heavy atom. The molecule has 0 aromatic rings. The molecule has 18 nitrogen and oxygen atoms in total. The lowest BCUT2D eigenvalue weighted by Crippen LogP contribution is -2.57. The molecule has 13 N–H and O–H groups in total. The maximum atomic E-state index is 12.6. The van der Waals surface area contributed by atoms with Gasteiger partial charge < -0.3 is 53.8 Å². The average Bonchev–Trinajstić information content (AvgIpc) is 2.81. The Labute approximate surface area is 221 Å². The summed E-state index contributed by atoms with van der Waals surface area (Å²) in [4.78, 5) is 86.4. The van der Waals surface area contributed by atoms with Gasteiger partial charge in [-0.3, -0.25) is 33.8 Å². The van der Waals surface area contributed by atoms with E-state index >= 15 is 0 Å². The molecule has 0 aliphatic heterocycles. The highest BCUT2D eigenvalue weighted by atomic mass is 32.1. The van der Waals surface area contributed by atoms with E-state index in [4.69, 9.17) is 32.5 Å². The molecule has 19 heteroatoms. The molecule has 0 unspecified atom stereocenters. The van der Waals surface area contributed by atoms with Crippen molar-refractivity contribution in [3.05, 3.63) is 0 Å². The Bertz CT molecular complexity index is 927. The van der Waals surface area contributed by atoms with Crippen molar-refractivity contribution in [2.45, 2.75) is 49.9 Å². The zero-order chi connectivity index (χ0) is 29.4. The molecule has 0 spiro atoms. The van der Waals surface area contributed by atoms with E-state index in [2.05, 4.69) is 28.3 Å². The number of aliphatic imine (C=N–C) groups is 1. The number of hydrogen-bond acceptors (Lipinski definition) is 10. The fourth-order valence-corrected chi connectivity index (χ4v) is 2.94. The average molecular weight is 565 g/mol. The minimum Gasteiger partial charge on any atom is -0.481 e. The van der Waals surface area contributed by atoms with Crippen LogP contribution in [0.1, 0.15) is 25.7 Å². The van der Waals surface area contributed by atoms with Gasteiger partial charge in [0.1, 0.15) is 18.1 Å².